The first kappa shape index (κ1) is 15.8. The molecule has 0 aromatic heterocycles. The Bertz CT molecular complexity index is 556. The molecule has 5 heteroatoms. The van der Waals surface area contributed by atoms with Gasteiger partial charge in [0.2, 0.25) is 0 Å². The normalized spacial score (nSPS) is 20.8. The first-order valence-corrected chi connectivity index (χ1v) is 8.82. The van der Waals surface area contributed by atoms with Gasteiger partial charge in [-0.1, -0.05) is 28.1 Å². The Morgan fingerprint density at radius 2 is 2.32 bits per heavy atom. The molecule has 3 rings (SSSR count). The largest absolute Gasteiger partial charge is 0.381 e. The number of aryl methyl sites for hydroxylation is 1. The molecule has 0 bridgehead atoms. The van der Waals surface area contributed by atoms with Crippen molar-refractivity contribution in [1.29, 1.82) is 0 Å². The SMILES string of the molecule is Cc1ccc2c(c1Br)CN(C(=O)NCCC1CCCOC1)C2. The molecule has 2 heterocycles. The number of carbonyl (C=O) groups excluding carboxylic acids is 1. The molecule has 1 fully saturated rings. The molecule has 1 atom stereocenters. The number of hydrogen-bond donors (Lipinski definition) is 1. The van der Waals surface area contributed by atoms with Crippen molar-refractivity contribution < 1.29 is 9.53 Å². The maximum absolute atomic E-state index is 12.3. The zero-order chi connectivity index (χ0) is 15.5. The topological polar surface area (TPSA) is 41.6 Å². The molecule has 1 aromatic carbocycles. The summed E-state index contributed by atoms with van der Waals surface area (Å²) >= 11 is 3.64. The summed E-state index contributed by atoms with van der Waals surface area (Å²) in [6, 6.07) is 4.27. The third-order valence-corrected chi connectivity index (χ3v) is 5.72. The Kier molecular flexibility index (Phi) is 5.03. The fraction of sp³-hybridized carbons (Fsp3) is 0.588. The van der Waals surface area contributed by atoms with Gasteiger partial charge in [0.25, 0.3) is 0 Å². The van der Waals surface area contributed by atoms with Gasteiger partial charge in [0.1, 0.15) is 0 Å². The van der Waals surface area contributed by atoms with Gasteiger partial charge >= 0.3 is 6.03 Å². The van der Waals surface area contributed by atoms with E-state index >= 15 is 0 Å². The number of nitrogens with one attached hydrogen (secondary N) is 1. The van der Waals surface area contributed by atoms with Crippen molar-refractivity contribution in [2.75, 3.05) is 19.8 Å². The first-order chi connectivity index (χ1) is 10.6. The highest BCUT2D eigenvalue weighted by molar-refractivity contribution is 9.10. The number of fused-ring (bicyclic) bond motifs is 1. The van der Waals surface area contributed by atoms with Crippen molar-refractivity contribution in [2.24, 2.45) is 5.92 Å². The predicted molar refractivity (Wildman–Crippen MR) is 89.7 cm³/mol. The Balaban J connectivity index is 1.49. The van der Waals surface area contributed by atoms with E-state index < -0.39 is 0 Å². The van der Waals surface area contributed by atoms with Crippen molar-refractivity contribution in [2.45, 2.75) is 39.3 Å². The number of nitrogens with zero attached hydrogens (tertiary/aromatic N) is 1. The van der Waals surface area contributed by atoms with Gasteiger partial charge in [0.05, 0.1) is 0 Å². The quantitative estimate of drug-likeness (QED) is 0.887. The summed E-state index contributed by atoms with van der Waals surface area (Å²) in [5.41, 5.74) is 3.71. The highest BCUT2D eigenvalue weighted by atomic mass is 79.9. The monoisotopic (exact) mass is 366 g/mol. The highest BCUT2D eigenvalue weighted by Crippen LogP contribution is 2.31. The number of rotatable bonds is 3. The lowest BCUT2D eigenvalue weighted by atomic mass is 9.99. The minimum Gasteiger partial charge on any atom is -0.381 e. The van der Waals surface area contributed by atoms with Crippen LogP contribution >= 0.6 is 15.9 Å². The highest BCUT2D eigenvalue weighted by Gasteiger charge is 2.25. The lowest BCUT2D eigenvalue weighted by Crippen LogP contribution is -2.37. The third kappa shape index (κ3) is 3.46. The lowest BCUT2D eigenvalue weighted by molar-refractivity contribution is 0.0518. The zero-order valence-corrected chi connectivity index (χ0v) is 14.6. The fourth-order valence-corrected chi connectivity index (χ4v) is 3.74. The smallest absolute Gasteiger partial charge is 0.318 e. The van der Waals surface area contributed by atoms with Gasteiger partial charge in [0.15, 0.2) is 0 Å². The second-order valence-corrected chi connectivity index (χ2v) is 7.09. The average molecular weight is 367 g/mol. The minimum atomic E-state index is 0.0393. The van der Waals surface area contributed by atoms with E-state index in [1.165, 1.54) is 23.1 Å². The average Bonchev–Trinajstić information content (AvgIpc) is 2.97. The molecule has 1 aromatic rings. The standard InChI is InChI=1S/C17H23BrN2O2/c1-12-4-5-14-9-20(10-15(14)16(12)18)17(21)19-7-6-13-3-2-8-22-11-13/h4-5,13H,2-3,6-11H2,1H3,(H,19,21). The van der Waals surface area contributed by atoms with Crippen LogP contribution in [0.25, 0.3) is 0 Å². The molecule has 0 radical (unpaired) electrons. The molecule has 1 unspecified atom stereocenters. The van der Waals surface area contributed by atoms with Crippen molar-refractivity contribution in [3.05, 3.63) is 33.3 Å². The van der Waals surface area contributed by atoms with E-state index in [1.807, 2.05) is 4.90 Å². The van der Waals surface area contributed by atoms with Crippen molar-refractivity contribution in [3.63, 3.8) is 0 Å². The zero-order valence-electron chi connectivity index (χ0n) is 13.0. The Morgan fingerprint density at radius 3 is 3.09 bits per heavy atom. The lowest BCUT2D eigenvalue weighted by Gasteiger charge is -2.23. The third-order valence-electron chi connectivity index (χ3n) is 4.61. The van der Waals surface area contributed by atoms with E-state index in [1.54, 1.807) is 0 Å². The molecule has 22 heavy (non-hydrogen) atoms. The van der Waals surface area contributed by atoms with Gasteiger partial charge in [0, 0.05) is 37.3 Å². The van der Waals surface area contributed by atoms with E-state index in [9.17, 15) is 4.79 Å². The fourth-order valence-electron chi connectivity index (χ4n) is 3.22. The molecular weight excluding hydrogens is 344 g/mol. The van der Waals surface area contributed by atoms with Crippen molar-refractivity contribution in [3.8, 4) is 0 Å². The summed E-state index contributed by atoms with van der Waals surface area (Å²) in [5.74, 6) is 0.599. The Morgan fingerprint density at radius 1 is 1.45 bits per heavy atom. The van der Waals surface area contributed by atoms with E-state index in [2.05, 4.69) is 40.3 Å². The maximum Gasteiger partial charge on any atom is 0.318 e. The van der Waals surface area contributed by atoms with Crippen molar-refractivity contribution >= 4 is 22.0 Å². The second-order valence-electron chi connectivity index (χ2n) is 6.29. The maximum atomic E-state index is 12.3. The molecule has 4 nitrogen and oxygen atoms in total. The summed E-state index contributed by atoms with van der Waals surface area (Å²) in [6.45, 7) is 5.95. The summed E-state index contributed by atoms with van der Waals surface area (Å²) in [6.07, 6.45) is 3.38. The van der Waals surface area contributed by atoms with Crippen molar-refractivity contribution in [1.82, 2.24) is 10.2 Å². The molecule has 120 valence electrons. The van der Waals surface area contributed by atoms with Crippen LogP contribution in [0.4, 0.5) is 4.79 Å². The molecule has 0 saturated carbocycles. The number of halogens is 1. The number of hydrogen-bond acceptors (Lipinski definition) is 2. The van der Waals surface area contributed by atoms with Gasteiger partial charge in [-0.25, -0.2) is 4.79 Å². The van der Waals surface area contributed by atoms with Gasteiger partial charge in [-0.3, -0.25) is 0 Å². The molecule has 2 aliphatic heterocycles. The van der Waals surface area contributed by atoms with Crippen LogP contribution in [0, 0.1) is 12.8 Å². The first-order valence-electron chi connectivity index (χ1n) is 8.02. The molecule has 0 aliphatic carbocycles. The van der Waals surface area contributed by atoms with Crippen LogP contribution in [-0.2, 0) is 17.8 Å². The summed E-state index contributed by atoms with van der Waals surface area (Å²) in [5, 5.41) is 3.06. The van der Waals surface area contributed by atoms with E-state index in [-0.39, 0.29) is 6.03 Å². The van der Waals surface area contributed by atoms with E-state index in [0.717, 1.165) is 37.1 Å². The van der Waals surface area contributed by atoms with Crippen LogP contribution in [-0.4, -0.2) is 30.7 Å². The number of urea groups is 1. The molecule has 2 aliphatic rings. The minimum absolute atomic E-state index is 0.0393. The summed E-state index contributed by atoms with van der Waals surface area (Å²) < 4.78 is 6.62. The predicted octanol–water partition coefficient (Wildman–Crippen LogP) is 3.60. The molecule has 1 saturated heterocycles. The van der Waals surface area contributed by atoms with Crippen LogP contribution in [0.15, 0.2) is 16.6 Å². The Labute approximate surface area is 140 Å². The molecule has 1 N–H and O–H groups in total. The van der Waals surface area contributed by atoms with Gasteiger partial charge in [-0.05, 0) is 48.8 Å². The molecule has 2 amide bonds. The van der Waals surface area contributed by atoms with Crippen LogP contribution < -0.4 is 5.32 Å². The van der Waals surface area contributed by atoms with E-state index in [0.29, 0.717) is 19.0 Å². The Hall–Kier alpha value is -1.07. The number of benzene rings is 1. The second kappa shape index (κ2) is 7.01. The number of amides is 2. The van der Waals surface area contributed by atoms with Crippen LogP contribution in [0.5, 0.6) is 0 Å². The summed E-state index contributed by atoms with van der Waals surface area (Å²) in [7, 11) is 0. The van der Waals surface area contributed by atoms with E-state index in [4.69, 9.17) is 4.74 Å². The molecule has 0 spiro atoms. The molecular formula is C17H23BrN2O2. The van der Waals surface area contributed by atoms with Gasteiger partial charge < -0.3 is 15.0 Å². The number of ether oxygens (including phenoxy) is 1. The van der Waals surface area contributed by atoms with Gasteiger partial charge in [-0.15, -0.1) is 0 Å². The summed E-state index contributed by atoms with van der Waals surface area (Å²) in [4.78, 5) is 14.2. The van der Waals surface area contributed by atoms with Gasteiger partial charge in [-0.2, -0.15) is 0 Å². The number of carbonyl (C=O) groups is 1. The van der Waals surface area contributed by atoms with Crippen LogP contribution in [0.3, 0.4) is 0 Å². The van der Waals surface area contributed by atoms with Crippen LogP contribution in [0.2, 0.25) is 0 Å². The van der Waals surface area contributed by atoms with Crippen LogP contribution in [0.1, 0.15) is 36.0 Å².